The fourth-order valence-electron chi connectivity index (χ4n) is 7.18. The average Bonchev–Trinajstić information content (AvgIpc) is 2.91. The zero-order chi connectivity index (χ0) is 17.8. The van der Waals surface area contributed by atoms with Gasteiger partial charge in [-0.05, 0) is 73.5 Å². The number of carbonyl (C=O) groups is 1. The number of hydrogen-bond donors (Lipinski definition) is 0. The summed E-state index contributed by atoms with van der Waals surface area (Å²) < 4.78 is 5.52. The minimum Gasteiger partial charge on any atom is -0.462 e. The molecule has 3 fully saturated rings. The van der Waals surface area contributed by atoms with Gasteiger partial charge in [0.1, 0.15) is 6.10 Å². The predicted octanol–water partition coefficient (Wildman–Crippen LogP) is 5.02. The van der Waals surface area contributed by atoms with Crippen molar-refractivity contribution in [3.8, 4) is 6.07 Å². The highest BCUT2D eigenvalue weighted by molar-refractivity contribution is 5.66. The summed E-state index contributed by atoms with van der Waals surface area (Å²) in [7, 11) is 0. The summed E-state index contributed by atoms with van der Waals surface area (Å²) in [4.78, 5) is 11.3. The third kappa shape index (κ3) is 2.47. The summed E-state index contributed by atoms with van der Waals surface area (Å²) in [5, 5.41) is 9.60. The number of fused-ring (bicyclic) bond motifs is 5. The Hall–Kier alpha value is -1.30. The van der Waals surface area contributed by atoms with Crippen LogP contribution in [0.25, 0.3) is 0 Å². The van der Waals surface area contributed by atoms with Crippen molar-refractivity contribution in [2.24, 2.45) is 34.5 Å². The van der Waals surface area contributed by atoms with Gasteiger partial charge < -0.3 is 4.74 Å². The molecule has 3 heteroatoms. The highest BCUT2D eigenvalue weighted by atomic mass is 16.5. The lowest BCUT2D eigenvalue weighted by Gasteiger charge is -2.57. The Morgan fingerprint density at radius 1 is 1.20 bits per heavy atom. The van der Waals surface area contributed by atoms with Crippen LogP contribution in [0.4, 0.5) is 0 Å². The standard InChI is InChI=1S/C22H31NO2/c1-14(24)25-17-8-10-21(2)15(12-17)4-6-18-19-7-5-16(13-23)22(19,3)11-9-20(18)21/h4,16-20H,5-12H2,1-3H3/t16-,17+,18-,19-,20-,21-,22+/m1/s1. The summed E-state index contributed by atoms with van der Waals surface area (Å²) in [6.45, 7) is 6.39. The van der Waals surface area contributed by atoms with E-state index in [1.165, 1.54) is 32.6 Å². The van der Waals surface area contributed by atoms with Gasteiger partial charge in [-0.2, -0.15) is 5.26 Å². The Labute approximate surface area is 151 Å². The largest absolute Gasteiger partial charge is 0.462 e. The Balaban J connectivity index is 1.59. The number of allylic oxidation sites excluding steroid dienone is 1. The van der Waals surface area contributed by atoms with Crippen molar-refractivity contribution in [1.82, 2.24) is 0 Å². The molecule has 0 aromatic heterocycles. The van der Waals surface area contributed by atoms with Crippen LogP contribution in [-0.4, -0.2) is 12.1 Å². The van der Waals surface area contributed by atoms with E-state index in [4.69, 9.17) is 4.74 Å². The van der Waals surface area contributed by atoms with E-state index in [2.05, 4.69) is 26.0 Å². The number of ether oxygens (including phenoxy) is 1. The molecule has 0 aromatic rings. The molecule has 3 nitrogen and oxygen atoms in total. The molecule has 0 unspecified atom stereocenters. The molecule has 3 saturated carbocycles. The predicted molar refractivity (Wildman–Crippen MR) is 96.4 cm³/mol. The molecule has 25 heavy (non-hydrogen) atoms. The van der Waals surface area contributed by atoms with Gasteiger partial charge in [0.15, 0.2) is 0 Å². The number of rotatable bonds is 1. The first-order valence-corrected chi connectivity index (χ1v) is 10.1. The van der Waals surface area contributed by atoms with Gasteiger partial charge in [0.05, 0.1) is 12.0 Å². The zero-order valence-corrected chi connectivity index (χ0v) is 15.9. The highest BCUT2D eigenvalue weighted by Gasteiger charge is 2.58. The molecule has 4 aliphatic rings. The van der Waals surface area contributed by atoms with Crippen molar-refractivity contribution in [3.63, 3.8) is 0 Å². The molecule has 0 radical (unpaired) electrons. The topological polar surface area (TPSA) is 50.1 Å². The number of nitrogens with zero attached hydrogens (tertiary/aromatic N) is 1. The highest BCUT2D eigenvalue weighted by Crippen LogP contribution is 2.66. The van der Waals surface area contributed by atoms with E-state index in [1.54, 1.807) is 5.57 Å². The number of carbonyl (C=O) groups excluding carboxylic acids is 1. The van der Waals surface area contributed by atoms with Crippen LogP contribution < -0.4 is 0 Å². The lowest BCUT2D eigenvalue weighted by atomic mass is 9.47. The van der Waals surface area contributed by atoms with Crippen LogP contribution in [0.2, 0.25) is 0 Å². The van der Waals surface area contributed by atoms with Gasteiger partial charge in [-0.15, -0.1) is 0 Å². The molecule has 0 aliphatic heterocycles. The van der Waals surface area contributed by atoms with Crippen LogP contribution in [0.15, 0.2) is 11.6 Å². The molecule has 0 heterocycles. The van der Waals surface area contributed by atoms with Gasteiger partial charge >= 0.3 is 5.97 Å². The van der Waals surface area contributed by atoms with Crippen molar-refractivity contribution in [3.05, 3.63) is 11.6 Å². The molecule has 7 atom stereocenters. The van der Waals surface area contributed by atoms with Crippen molar-refractivity contribution in [2.75, 3.05) is 0 Å². The monoisotopic (exact) mass is 341 g/mol. The van der Waals surface area contributed by atoms with E-state index in [0.29, 0.717) is 0 Å². The van der Waals surface area contributed by atoms with Gasteiger partial charge in [0.25, 0.3) is 0 Å². The van der Waals surface area contributed by atoms with Crippen molar-refractivity contribution in [2.45, 2.75) is 78.2 Å². The maximum atomic E-state index is 11.3. The minimum absolute atomic E-state index is 0.0803. The fraction of sp³-hybridized carbons (Fsp3) is 0.818. The Bertz CT molecular complexity index is 647. The summed E-state index contributed by atoms with van der Waals surface area (Å²) in [5.41, 5.74) is 2.07. The maximum absolute atomic E-state index is 11.3. The lowest BCUT2D eigenvalue weighted by Crippen LogP contribution is -2.50. The van der Waals surface area contributed by atoms with Crippen LogP contribution in [0.5, 0.6) is 0 Å². The SMILES string of the molecule is CC(=O)O[C@H]1CC[C@]2(C)C(=CC[C@@H]3[C@H]4CC[C@H](C#N)[C@]4(C)CC[C@H]32)C1. The van der Waals surface area contributed by atoms with Crippen molar-refractivity contribution < 1.29 is 9.53 Å². The van der Waals surface area contributed by atoms with E-state index in [0.717, 1.165) is 43.4 Å². The fourth-order valence-corrected chi connectivity index (χ4v) is 7.18. The molecule has 0 aromatic carbocycles. The normalized spacial score (nSPS) is 48.4. The van der Waals surface area contributed by atoms with Crippen LogP contribution in [0.3, 0.4) is 0 Å². The second kappa shape index (κ2) is 5.86. The number of hydrogen-bond acceptors (Lipinski definition) is 3. The van der Waals surface area contributed by atoms with Gasteiger partial charge in [0.2, 0.25) is 0 Å². The van der Waals surface area contributed by atoms with Gasteiger partial charge in [0, 0.05) is 13.3 Å². The first-order chi connectivity index (χ1) is 11.9. The van der Waals surface area contributed by atoms with E-state index < -0.39 is 0 Å². The third-order valence-corrected chi connectivity index (χ3v) is 8.55. The smallest absolute Gasteiger partial charge is 0.302 e. The van der Waals surface area contributed by atoms with Crippen molar-refractivity contribution in [1.29, 1.82) is 5.26 Å². The summed E-state index contributed by atoms with van der Waals surface area (Å²) in [6, 6.07) is 2.63. The van der Waals surface area contributed by atoms with Gasteiger partial charge in [-0.1, -0.05) is 25.5 Å². The molecule has 0 amide bonds. The molecule has 4 aliphatic carbocycles. The number of nitriles is 1. The Morgan fingerprint density at radius 3 is 2.72 bits per heavy atom. The lowest BCUT2D eigenvalue weighted by molar-refractivity contribution is -0.148. The zero-order valence-electron chi connectivity index (χ0n) is 15.9. The third-order valence-electron chi connectivity index (χ3n) is 8.55. The molecule has 4 rings (SSSR count). The maximum Gasteiger partial charge on any atom is 0.302 e. The van der Waals surface area contributed by atoms with E-state index >= 15 is 0 Å². The first-order valence-electron chi connectivity index (χ1n) is 10.1. The minimum atomic E-state index is -0.148. The molecular weight excluding hydrogens is 310 g/mol. The van der Waals surface area contributed by atoms with Crippen LogP contribution >= 0.6 is 0 Å². The Morgan fingerprint density at radius 2 is 2.00 bits per heavy atom. The Kier molecular flexibility index (Phi) is 4.02. The number of esters is 1. The molecule has 136 valence electrons. The van der Waals surface area contributed by atoms with Crippen LogP contribution in [0, 0.1) is 45.8 Å². The van der Waals surface area contributed by atoms with Crippen LogP contribution in [0.1, 0.15) is 72.1 Å². The molecule has 0 spiro atoms. The van der Waals surface area contributed by atoms with Crippen molar-refractivity contribution >= 4 is 5.97 Å². The van der Waals surface area contributed by atoms with E-state index in [1.807, 2.05) is 0 Å². The first kappa shape index (κ1) is 17.1. The second-order valence-corrected chi connectivity index (χ2v) is 9.54. The molecular formula is C22H31NO2. The molecule has 0 N–H and O–H groups in total. The molecule has 0 bridgehead atoms. The van der Waals surface area contributed by atoms with E-state index in [9.17, 15) is 10.1 Å². The van der Waals surface area contributed by atoms with Crippen LogP contribution in [-0.2, 0) is 9.53 Å². The molecule has 0 saturated heterocycles. The average molecular weight is 341 g/mol. The van der Waals surface area contributed by atoms with Gasteiger partial charge in [-0.25, -0.2) is 0 Å². The quantitative estimate of drug-likeness (QED) is 0.497. The van der Waals surface area contributed by atoms with Gasteiger partial charge in [-0.3, -0.25) is 4.79 Å². The summed E-state index contributed by atoms with van der Waals surface area (Å²) >= 11 is 0. The summed E-state index contributed by atoms with van der Waals surface area (Å²) in [6.07, 6.45) is 11.6. The van der Waals surface area contributed by atoms with E-state index in [-0.39, 0.29) is 28.8 Å². The second-order valence-electron chi connectivity index (χ2n) is 9.54. The summed E-state index contributed by atoms with van der Waals surface area (Å²) in [5.74, 6) is 2.33.